The Bertz CT molecular complexity index is 1360. The number of rotatable bonds is 7. The highest BCUT2D eigenvalue weighted by atomic mass is 16.5. The first-order chi connectivity index (χ1) is 16.0. The van der Waals surface area contributed by atoms with E-state index in [1.165, 1.54) is 14.2 Å². The molecule has 1 heterocycles. The van der Waals surface area contributed by atoms with E-state index in [1.807, 2.05) is 30.3 Å². The summed E-state index contributed by atoms with van der Waals surface area (Å²) >= 11 is 0. The van der Waals surface area contributed by atoms with Crippen LogP contribution in [0.3, 0.4) is 0 Å². The predicted molar refractivity (Wildman–Crippen MR) is 126 cm³/mol. The molecule has 0 saturated carbocycles. The van der Waals surface area contributed by atoms with Gasteiger partial charge in [-0.3, -0.25) is 4.79 Å². The molecule has 0 amide bonds. The summed E-state index contributed by atoms with van der Waals surface area (Å²) in [5.74, 6) is 1.36. The largest absolute Gasteiger partial charge is 0.493 e. The van der Waals surface area contributed by atoms with Gasteiger partial charge in [-0.2, -0.15) is 0 Å². The molecule has 3 aromatic carbocycles. The Morgan fingerprint density at radius 1 is 0.879 bits per heavy atom. The van der Waals surface area contributed by atoms with E-state index < -0.39 is 11.4 Å². The highest BCUT2D eigenvalue weighted by molar-refractivity contribution is 6.00. The topological polar surface area (TPSA) is 86.8 Å². The SMILES string of the molecule is CCOC(=O)c1c(-c2cccc(Oc3ccccc3)c2)[nH]c2cc(OC)c(OC)cc2c1=O. The number of methoxy groups -OCH3 is 2. The molecule has 4 aromatic rings. The lowest BCUT2D eigenvalue weighted by molar-refractivity contribution is 0.0525. The van der Waals surface area contributed by atoms with E-state index in [9.17, 15) is 9.59 Å². The van der Waals surface area contributed by atoms with Crippen molar-refractivity contribution in [3.05, 3.63) is 82.5 Å². The molecule has 0 radical (unpaired) electrons. The first-order valence-corrected chi connectivity index (χ1v) is 10.4. The number of benzene rings is 3. The molecule has 0 bridgehead atoms. The van der Waals surface area contributed by atoms with Crippen molar-refractivity contribution in [2.45, 2.75) is 6.92 Å². The van der Waals surface area contributed by atoms with Gasteiger partial charge in [0.15, 0.2) is 11.5 Å². The number of aromatic amines is 1. The van der Waals surface area contributed by atoms with Gasteiger partial charge in [0.25, 0.3) is 0 Å². The van der Waals surface area contributed by atoms with Gasteiger partial charge in [0, 0.05) is 11.6 Å². The van der Waals surface area contributed by atoms with Crippen LogP contribution in [0.1, 0.15) is 17.3 Å². The molecule has 0 aliphatic heterocycles. The lowest BCUT2D eigenvalue weighted by Crippen LogP contribution is -2.20. The van der Waals surface area contributed by atoms with E-state index in [2.05, 4.69) is 4.98 Å². The standard InChI is InChI=1S/C26H23NO6/c1-4-32-26(29)23-24(16-9-8-12-18(13-16)33-17-10-6-5-7-11-17)27-20-15-22(31-3)21(30-2)14-19(20)25(23)28/h5-15H,4H2,1-3H3,(H,27,28). The van der Waals surface area contributed by atoms with Crippen molar-refractivity contribution < 1.29 is 23.7 Å². The Morgan fingerprint density at radius 3 is 2.27 bits per heavy atom. The minimum atomic E-state index is -0.709. The summed E-state index contributed by atoms with van der Waals surface area (Å²) in [7, 11) is 3.00. The monoisotopic (exact) mass is 445 g/mol. The molecule has 1 N–H and O–H groups in total. The molecule has 0 fully saturated rings. The summed E-state index contributed by atoms with van der Waals surface area (Å²) in [6.07, 6.45) is 0. The molecule has 0 aliphatic rings. The molecule has 0 spiro atoms. The molecule has 7 heteroatoms. The highest BCUT2D eigenvalue weighted by Crippen LogP contribution is 2.33. The second-order valence-electron chi connectivity index (χ2n) is 7.12. The molecule has 0 aliphatic carbocycles. The van der Waals surface area contributed by atoms with Gasteiger partial charge in [-0.05, 0) is 37.3 Å². The average Bonchev–Trinajstić information content (AvgIpc) is 2.84. The molecule has 33 heavy (non-hydrogen) atoms. The zero-order valence-corrected chi connectivity index (χ0v) is 18.5. The Balaban J connectivity index is 1.92. The third-order valence-electron chi connectivity index (χ3n) is 5.09. The van der Waals surface area contributed by atoms with Gasteiger partial charge in [0.1, 0.15) is 17.1 Å². The Morgan fingerprint density at radius 2 is 1.58 bits per heavy atom. The number of para-hydroxylation sites is 1. The van der Waals surface area contributed by atoms with Gasteiger partial charge in [-0.1, -0.05) is 30.3 Å². The van der Waals surface area contributed by atoms with E-state index >= 15 is 0 Å². The van der Waals surface area contributed by atoms with Crippen molar-refractivity contribution in [3.63, 3.8) is 0 Å². The number of hydrogen-bond donors (Lipinski definition) is 1. The van der Waals surface area contributed by atoms with Gasteiger partial charge < -0.3 is 23.9 Å². The van der Waals surface area contributed by atoms with E-state index in [0.717, 1.165) is 0 Å². The van der Waals surface area contributed by atoms with Crippen LogP contribution in [0.2, 0.25) is 0 Å². The van der Waals surface area contributed by atoms with Crippen molar-refractivity contribution in [1.29, 1.82) is 0 Å². The predicted octanol–water partition coefficient (Wildman–Crippen LogP) is 5.18. The lowest BCUT2D eigenvalue weighted by atomic mass is 10.0. The summed E-state index contributed by atoms with van der Waals surface area (Å²) in [6.45, 7) is 1.83. The second-order valence-corrected chi connectivity index (χ2v) is 7.12. The molecule has 7 nitrogen and oxygen atoms in total. The van der Waals surface area contributed by atoms with Crippen LogP contribution < -0.4 is 19.6 Å². The van der Waals surface area contributed by atoms with Crippen LogP contribution in [0.4, 0.5) is 0 Å². The van der Waals surface area contributed by atoms with Crippen molar-refractivity contribution >= 4 is 16.9 Å². The smallest absolute Gasteiger partial charge is 0.344 e. The van der Waals surface area contributed by atoms with Gasteiger partial charge >= 0.3 is 5.97 Å². The zero-order chi connectivity index (χ0) is 23.4. The highest BCUT2D eigenvalue weighted by Gasteiger charge is 2.23. The molecule has 0 unspecified atom stereocenters. The summed E-state index contributed by atoms with van der Waals surface area (Å²) in [5, 5.41) is 0.288. The molecule has 0 atom stereocenters. The number of ether oxygens (including phenoxy) is 4. The maximum Gasteiger partial charge on any atom is 0.344 e. The van der Waals surface area contributed by atoms with Gasteiger partial charge in [0.2, 0.25) is 5.43 Å². The van der Waals surface area contributed by atoms with E-state index in [-0.39, 0.29) is 17.6 Å². The number of pyridine rings is 1. The molecule has 0 saturated heterocycles. The summed E-state index contributed by atoms with van der Waals surface area (Å²) < 4.78 is 21.8. The summed E-state index contributed by atoms with van der Waals surface area (Å²) in [5.41, 5.74) is 0.869. The molecular formula is C26H23NO6. The number of carbonyl (C=O) groups is 1. The fourth-order valence-electron chi connectivity index (χ4n) is 3.57. The fraction of sp³-hybridized carbons (Fsp3) is 0.154. The van der Waals surface area contributed by atoms with Crippen LogP contribution in [0, 0.1) is 0 Å². The number of esters is 1. The average molecular weight is 445 g/mol. The number of H-pyrrole nitrogens is 1. The Kier molecular flexibility index (Phi) is 6.31. The Labute approximate surface area is 190 Å². The molecular weight excluding hydrogens is 422 g/mol. The van der Waals surface area contributed by atoms with Crippen molar-refractivity contribution in [3.8, 4) is 34.3 Å². The van der Waals surface area contributed by atoms with Gasteiger partial charge in [-0.25, -0.2) is 4.79 Å². The molecule has 1 aromatic heterocycles. The van der Waals surface area contributed by atoms with Gasteiger partial charge in [-0.15, -0.1) is 0 Å². The quantitative estimate of drug-likeness (QED) is 0.395. The van der Waals surface area contributed by atoms with E-state index in [4.69, 9.17) is 18.9 Å². The van der Waals surface area contributed by atoms with E-state index in [0.29, 0.717) is 39.8 Å². The minimum absolute atomic E-state index is 0.0894. The zero-order valence-electron chi connectivity index (χ0n) is 18.5. The second kappa shape index (κ2) is 9.48. The van der Waals surface area contributed by atoms with Crippen molar-refractivity contribution in [1.82, 2.24) is 4.98 Å². The Hall–Kier alpha value is -4.26. The summed E-state index contributed by atoms with van der Waals surface area (Å²) in [6, 6.07) is 19.7. The minimum Gasteiger partial charge on any atom is -0.493 e. The maximum absolute atomic E-state index is 13.4. The van der Waals surface area contributed by atoms with E-state index in [1.54, 1.807) is 43.3 Å². The van der Waals surface area contributed by atoms with Crippen molar-refractivity contribution in [2.75, 3.05) is 20.8 Å². The van der Waals surface area contributed by atoms with Crippen LogP contribution in [0.25, 0.3) is 22.2 Å². The normalized spacial score (nSPS) is 10.6. The third-order valence-corrected chi connectivity index (χ3v) is 5.09. The summed E-state index contributed by atoms with van der Waals surface area (Å²) in [4.78, 5) is 29.5. The number of aromatic nitrogens is 1. The van der Waals surface area contributed by atoms with Crippen LogP contribution in [-0.2, 0) is 4.74 Å². The van der Waals surface area contributed by atoms with Crippen molar-refractivity contribution in [2.24, 2.45) is 0 Å². The number of fused-ring (bicyclic) bond motifs is 1. The number of hydrogen-bond acceptors (Lipinski definition) is 6. The lowest BCUT2D eigenvalue weighted by Gasteiger charge is -2.14. The molecule has 4 rings (SSSR count). The van der Waals surface area contributed by atoms with Crippen LogP contribution in [-0.4, -0.2) is 31.8 Å². The maximum atomic E-state index is 13.4. The first kappa shape index (κ1) is 22.0. The number of carbonyl (C=O) groups excluding carboxylic acids is 1. The number of nitrogens with one attached hydrogen (secondary N) is 1. The van der Waals surface area contributed by atoms with Crippen LogP contribution in [0.5, 0.6) is 23.0 Å². The van der Waals surface area contributed by atoms with Crippen LogP contribution >= 0.6 is 0 Å². The fourth-order valence-corrected chi connectivity index (χ4v) is 3.57. The first-order valence-electron chi connectivity index (χ1n) is 10.4. The third kappa shape index (κ3) is 4.39. The van der Waals surface area contributed by atoms with Crippen LogP contribution in [0.15, 0.2) is 71.5 Å². The molecule has 168 valence electrons. The van der Waals surface area contributed by atoms with Gasteiger partial charge in [0.05, 0.1) is 37.4 Å².